The zero-order valence-electron chi connectivity index (χ0n) is 16.3. The monoisotopic (exact) mass is 397 g/mol. The van der Waals surface area contributed by atoms with Crippen LogP contribution in [0, 0.1) is 20.8 Å². The first-order valence-corrected chi connectivity index (χ1v) is 10.4. The molecule has 8 heteroatoms. The number of carbonyl (C=O) groups is 1. The van der Waals surface area contributed by atoms with Crippen molar-refractivity contribution in [3.8, 4) is 11.3 Å². The third-order valence-electron chi connectivity index (χ3n) is 5.29. The van der Waals surface area contributed by atoms with Crippen molar-refractivity contribution in [2.24, 2.45) is 0 Å². The predicted octanol–water partition coefficient (Wildman–Crippen LogP) is 3.75. The highest BCUT2D eigenvalue weighted by molar-refractivity contribution is 7.11. The number of nitrogens with zero attached hydrogens (tertiary/aromatic N) is 5. The van der Waals surface area contributed by atoms with Gasteiger partial charge in [0.15, 0.2) is 0 Å². The second-order valence-corrected chi connectivity index (χ2v) is 8.05. The Hall–Kier alpha value is -2.61. The average molecular weight is 398 g/mol. The first-order valence-electron chi connectivity index (χ1n) is 9.50. The van der Waals surface area contributed by atoms with E-state index in [0.29, 0.717) is 0 Å². The van der Waals surface area contributed by atoms with Crippen LogP contribution in [0.1, 0.15) is 51.8 Å². The minimum Gasteiger partial charge on any atom is -0.361 e. The lowest BCUT2D eigenvalue weighted by Gasteiger charge is -2.24. The van der Waals surface area contributed by atoms with Crippen LogP contribution < -0.4 is 0 Å². The fourth-order valence-corrected chi connectivity index (χ4v) is 4.61. The van der Waals surface area contributed by atoms with Crippen LogP contribution in [0.5, 0.6) is 0 Å². The molecular weight excluding hydrogens is 374 g/mol. The van der Waals surface area contributed by atoms with E-state index in [2.05, 4.69) is 15.1 Å². The van der Waals surface area contributed by atoms with Crippen LogP contribution in [0.4, 0.5) is 0 Å². The highest BCUT2D eigenvalue weighted by Gasteiger charge is 2.30. The Morgan fingerprint density at radius 2 is 2.14 bits per heavy atom. The molecule has 0 aliphatic carbocycles. The Labute approximate surface area is 167 Å². The lowest BCUT2D eigenvalue weighted by molar-refractivity contribution is 0.0734. The Bertz CT molecular complexity index is 977. The number of aromatic nitrogens is 4. The molecule has 3 aromatic rings. The number of rotatable bonds is 5. The van der Waals surface area contributed by atoms with Crippen LogP contribution in [0.3, 0.4) is 0 Å². The van der Waals surface area contributed by atoms with Crippen LogP contribution in [-0.4, -0.2) is 43.5 Å². The van der Waals surface area contributed by atoms with Crippen molar-refractivity contribution in [1.82, 2.24) is 25.0 Å². The largest absolute Gasteiger partial charge is 0.361 e. The van der Waals surface area contributed by atoms with Crippen molar-refractivity contribution >= 4 is 17.2 Å². The van der Waals surface area contributed by atoms with Crippen molar-refractivity contribution in [1.29, 1.82) is 0 Å². The van der Waals surface area contributed by atoms with Gasteiger partial charge in [-0.15, -0.1) is 11.3 Å². The molecule has 0 saturated carbocycles. The molecule has 1 fully saturated rings. The first-order chi connectivity index (χ1) is 13.5. The predicted molar refractivity (Wildman–Crippen MR) is 106 cm³/mol. The number of hydrogen-bond donors (Lipinski definition) is 0. The number of hydrogen-bond acceptors (Lipinski definition) is 7. The van der Waals surface area contributed by atoms with Gasteiger partial charge in [0.05, 0.1) is 40.0 Å². The zero-order valence-corrected chi connectivity index (χ0v) is 17.1. The van der Waals surface area contributed by atoms with Crippen LogP contribution >= 0.6 is 11.3 Å². The SMILES string of the molecule is Cc1ncsc1C(=O)N1CCCC1CCc1cncc(-c2c(C)noc2C)n1. The Balaban J connectivity index is 1.46. The standard InChI is InChI=1S/C20H23N5O2S/c1-12-18(14(3)27-24-12)17-10-21-9-15(23-17)6-7-16-5-4-8-25(16)20(26)19-13(2)22-11-28-19/h9-11,16H,4-8H2,1-3H3. The molecule has 0 spiro atoms. The summed E-state index contributed by atoms with van der Waals surface area (Å²) in [6, 6.07) is 0.235. The van der Waals surface area contributed by atoms with E-state index < -0.39 is 0 Å². The van der Waals surface area contributed by atoms with Crippen LogP contribution in [-0.2, 0) is 6.42 Å². The average Bonchev–Trinajstić information content (AvgIpc) is 3.40. The normalized spacial score (nSPS) is 16.7. The maximum Gasteiger partial charge on any atom is 0.266 e. The Morgan fingerprint density at radius 1 is 1.29 bits per heavy atom. The molecule has 1 saturated heterocycles. The second-order valence-electron chi connectivity index (χ2n) is 7.19. The van der Waals surface area contributed by atoms with Gasteiger partial charge >= 0.3 is 0 Å². The molecular formula is C20H23N5O2S. The minimum atomic E-state index is 0.109. The summed E-state index contributed by atoms with van der Waals surface area (Å²) in [6.45, 7) is 6.49. The van der Waals surface area contributed by atoms with E-state index in [4.69, 9.17) is 9.51 Å². The summed E-state index contributed by atoms with van der Waals surface area (Å²) in [6.07, 6.45) is 7.27. The van der Waals surface area contributed by atoms with Gasteiger partial charge in [0.25, 0.3) is 5.91 Å². The maximum atomic E-state index is 12.9. The summed E-state index contributed by atoms with van der Waals surface area (Å²) >= 11 is 1.42. The van der Waals surface area contributed by atoms with Crippen molar-refractivity contribution in [3.63, 3.8) is 0 Å². The van der Waals surface area contributed by atoms with Crippen LogP contribution in [0.25, 0.3) is 11.3 Å². The van der Waals surface area contributed by atoms with E-state index in [1.165, 1.54) is 11.3 Å². The summed E-state index contributed by atoms with van der Waals surface area (Å²) < 4.78 is 5.25. The quantitative estimate of drug-likeness (QED) is 0.652. The summed E-state index contributed by atoms with van der Waals surface area (Å²) in [5.74, 6) is 0.856. The van der Waals surface area contributed by atoms with Gasteiger partial charge in [-0.1, -0.05) is 5.16 Å². The van der Waals surface area contributed by atoms with Gasteiger partial charge in [-0.3, -0.25) is 9.78 Å². The smallest absolute Gasteiger partial charge is 0.266 e. The minimum absolute atomic E-state index is 0.109. The van der Waals surface area contributed by atoms with Gasteiger partial charge in [-0.05, 0) is 46.5 Å². The van der Waals surface area contributed by atoms with Crippen molar-refractivity contribution < 1.29 is 9.32 Å². The molecule has 4 heterocycles. The molecule has 0 bridgehead atoms. The Kier molecular flexibility index (Phi) is 5.21. The molecule has 1 aliphatic heterocycles. The van der Waals surface area contributed by atoms with E-state index in [-0.39, 0.29) is 11.9 Å². The summed E-state index contributed by atoms with van der Waals surface area (Å²) in [4.78, 5) is 29.0. The molecule has 1 aliphatic rings. The Morgan fingerprint density at radius 3 is 2.86 bits per heavy atom. The van der Waals surface area contributed by atoms with E-state index in [0.717, 1.165) is 71.2 Å². The molecule has 1 unspecified atom stereocenters. The van der Waals surface area contributed by atoms with Gasteiger partial charge in [0.1, 0.15) is 10.6 Å². The third kappa shape index (κ3) is 3.56. The molecule has 0 aromatic carbocycles. The molecule has 1 amide bonds. The molecule has 1 atom stereocenters. The number of likely N-dealkylation sites (tertiary alicyclic amines) is 1. The fourth-order valence-electron chi connectivity index (χ4n) is 3.85. The summed E-state index contributed by atoms with van der Waals surface area (Å²) in [7, 11) is 0. The lowest BCUT2D eigenvalue weighted by Crippen LogP contribution is -2.35. The molecule has 0 N–H and O–H groups in total. The first kappa shape index (κ1) is 18.7. The third-order valence-corrected chi connectivity index (χ3v) is 6.20. The molecule has 7 nitrogen and oxygen atoms in total. The van der Waals surface area contributed by atoms with Gasteiger partial charge in [0, 0.05) is 18.8 Å². The molecule has 4 rings (SSSR count). The lowest BCUT2D eigenvalue weighted by atomic mass is 10.1. The molecule has 0 radical (unpaired) electrons. The number of amides is 1. The molecule has 146 valence electrons. The van der Waals surface area contributed by atoms with Crippen molar-refractivity contribution in [3.05, 3.63) is 45.6 Å². The van der Waals surface area contributed by atoms with E-state index >= 15 is 0 Å². The number of thiazole rings is 1. The van der Waals surface area contributed by atoms with Crippen molar-refractivity contribution in [2.75, 3.05) is 6.54 Å². The summed E-state index contributed by atoms with van der Waals surface area (Å²) in [5, 5.41) is 4.00. The highest BCUT2D eigenvalue weighted by Crippen LogP contribution is 2.27. The zero-order chi connectivity index (χ0) is 19.7. The van der Waals surface area contributed by atoms with Crippen LogP contribution in [0.2, 0.25) is 0 Å². The number of aryl methyl sites for hydroxylation is 4. The molecule has 3 aromatic heterocycles. The fraction of sp³-hybridized carbons (Fsp3) is 0.450. The van der Waals surface area contributed by atoms with Gasteiger partial charge in [0.2, 0.25) is 0 Å². The van der Waals surface area contributed by atoms with Gasteiger partial charge < -0.3 is 9.42 Å². The van der Waals surface area contributed by atoms with E-state index in [1.807, 2.05) is 25.7 Å². The van der Waals surface area contributed by atoms with Crippen LogP contribution in [0.15, 0.2) is 22.4 Å². The number of carbonyl (C=O) groups excluding carboxylic acids is 1. The topological polar surface area (TPSA) is 85.0 Å². The van der Waals surface area contributed by atoms with E-state index in [9.17, 15) is 4.79 Å². The van der Waals surface area contributed by atoms with E-state index in [1.54, 1.807) is 17.9 Å². The van der Waals surface area contributed by atoms with Crippen molar-refractivity contribution in [2.45, 2.75) is 52.5 Å². The van der Waals surface area contributed by atoms with Gasteiger partial charge in [-0.25, -0.2) is 9.97 Å². The second kappa shape index (κ2) is 7.79. The highest BCUT2D eigenvalue weighted by atomic mass is 32.1. The summed E-state index contributed by atoms with van der Waals surface area (Å²) in [5.41, 5.74) is 5.99. The maximum absolute atomic E-state index is 12.9. The molecule has 28 heavy (non-hydrogen) atoms. The van der Waals surface area contributed by atoms with Gasteiger partial charge in [-0.2, -0.15) is 0 Å².